The number of rotatable bonds is 9. The first-order valence-electron chi connectivity index (χ1n) is 15.0. The van der Waals surface area contributed by atoms with Crippen LogP contribution in [0.5, 0.6) is 0 Å². The molecule has 4 rings (SSSR count). The Balaban J connectivity index is 1.31. The van der Waals surface area contributed by atoms with Gasteiger partial charge in [0.15, 0.2) is 0 Å². The lowest BCUT2D eigenvalue weighted by Crippen LogP contribution is -2.50. The Bertz CT molecular complexity index is 782. The predicted octanol–water partition coefficient (Wildman–Crippen LogP) is 5.33. The molecule has 1 unspecified atom stereocenters. The zero-order chi connectivity index (χ0) is 25.2. The Morgan fingerprint density at radius 1 is 0.944 bits per heavy atom. The molecule has 7 heteroatoms. The van der Waals surface area contributed by atoms with E-state index in [1.54, 1.807) is 0 Å². The number of likely N-dealkylation sites (tertiary alicyclic amines) is 2. The molecule has 3 fully saturated rings. The molecule has 1 atom stereocenters. The number of anilines is 2. The molecule has 1 N–H and O–H groups in total. The first-order valence-corrected chi connectivity index (χ1v) is 15.0. The average molecular weight is 499 g/mol. The van der Waals surface area contributed by atoms with E-state index < -0.39 is 0 Å². The maximum atomic E-state index is 13.1. The number of hydrogen-bond acceptors (Lipinski definition) is 6. The molecule has 1 amide bonds. The van der Waals surface area contributed by atoms with E-state index in [9.17, 15) is 4.79 Å². The third-order valence-electron chi connectivity index (χ3n) is 8.52. The molecule has 36 heavy (non-hydrogen) atoms. The van der Waals surface area contributed by atoms with Crippen LogP contribution in [0, 0.1) is 5.92 Å². The molecular weight excluding hydrogens is 448 g/mol. The predicted molar refractivity (Wildman–Crippen MR) is 148 cm³/mol. The van der Waals surface area contributed by atoms with Gasteiger partial charge in [-0.05, 0) is 64.0 Å². The van der Waals surface area contributed by atoms with Gasteiger partial charge in [-0.3, -0.25) is 9.69 Å². The maximum Gasteiger partial charge on any atom is 0.225 e. The third-order valence-corrected chi connectivity index (χ3v) is 8.52. The fraction of sp³-hybridized carbons (Fsp3) is 0.828. The third kappa shape index (κ3) is 7.56. The van der Waals surface area contributed by atoms with Crippen molar-refractivity contribution < 1.29 is 4.79 Å². The van der Waals surface area contributed by atoms with Crippen molar-refractivity contribution >= 4 is 17.7 Å². The normalized spacial score (nSPS) is 22.9. The summed E-state index contributed by atoms with van der Waals surface area (Å²) >= 11 is 0. The molecule has 202 valence electrons. The van der Waals surface area contributed by atoms with Crippen LogP contribution in [0.25, 0.3) is 0 Å². The average Bonchev–Trinajstić information content (AvgIpc) is 3.32. The van der Waals surface area contributed by atoms with Crippen molar-refractivity contribution in [2.24, 2.45) is 5.92 Å². The molecule has 0 saturated carbocycles. The van der Waals surface area contributed by atoms with Gasteiger partial charge < -0.3 is 15.1 Å². The summed E-state index contributed by atoms with van der Waals surface area (Å²) in [5.74, 6) is 2.49. The molecule has 3 saturated heterocycles. The number of hydrogen-bond donors (Lipinski definition) is 1. The van der Waals surface area contributed by atoms with E-state index in [1.165, 1.54) is 51.5 Å². The summed E-state index contributed by atoms with van der Waals surface area (Å²) in [7, 11) is 0. The van der Waals surface area contributed by atoms with Gasteiger partial charge in [-0.25, -0.2) is 4.98 Å². The van der Waals surface area contributed by atoms with Crippen molar-refractivity contribution in [3.05, 3.63) is 12.3 Å². The highest BCUT2D eigenvalue weighted by atomic mass is 16.2. The zero-order valence-corrected chi connectivity index (χ0v) is 23.0. The largest absolute Gasteiger partial charge is 0.356 e. The van der Waals surface area contributed by atoms with Gasteiger partial charge in [0.2, 0.25) is 11.9 Å². The minimum atomic E-state index is 0.230. The van der Waals surface area contributed by atoms with Crippen molar-refractivity contribution in [2.75, 3.05) is 49.5 Å². The second kappa shape index (κ2) is 14.2. The van der Waals surface area contributed by atoms with E-state index in [4.69, 9.17) is 4.98 Å². The van der Waals surface area contributed by atoms with Crippen molar-refractivity contribution in [2.45, 2.75) is 109 Å². The molecular formula is C29H50N6O. The van der Waals surface area contributed by atoms with E-state index in [-0.39, 0.29) is 5.92 Å². The minimum absolute atomic E-state index is 0.230. The Hall–Kier alpha value is -1.89. The minimum Gasteiger partial charge on any atom is -0.356 e. The summed E-state index contributed by atoms with van der Waals surface area (Å²) in [6.07, 6.45) is 17.2. The Morgan fingerprint density at radius 2 is 1.64 bits per heavy atom. The van der Waals surface area contributed by atoms with Crippen LogP contribution < -0.4 is 10.2 Å². The first kappa shape index (κ1) is 27.2. The van der Waals surface area contributed by atoms with Crippen LogP contribution in [0.3, 0.4) is 0 Å². The van der Waals surface area contributed by atoms with Crippen LogP contribution in [0.15, 0.2) is 12.3 Å². The summed E-state index contributed by atoms with van der Waals surface area (Å²) in [5.41, 5.74) is 0. The highest BCUT2D eigenvalue weighted by Crippen LogP contribution is 2.25. The summed E-state index contributed by atoms with van der Waals surface area (Å²) in [6, 6.07) is 3.03. The Morgan fingerprint density at radius 3 is 2.33 bits per heavy atom. The van der Waals surface area contributed by atoms with Crippen LogP contribution in [0.1, 0.15) is 97.3 Å². The van der Waals surface area contributed by atoms with E-state index >= 15 is 0 Å². The summed E-state index contributed by atoms with van der Waals surface area (Å²) in [5, 5.41) is 3.70. The van der Waals surface area contributed by atoms with Crippen LogP contribution in [0.2, 0.25) is 0 Å². The van der Waals surface area contributed by atoms with E-state index in [0.29, 0.717) is 18.0 Å². The molecule has 0 radical (unpaired) electrons. The number of carbonyl (C=O) groups is 1. The second-order valence-corrected chi connectivity index (χ2v) is 11.3. The maximum absolute atomic E-state index is 13.1. The molecule has 0 bridgehead atoms. The number of nitrogens with one attached hydrogen (secondary N) is 1. The Kier molecular flexibility index (Phi) is 10.7. The van der Waals surface area contributed by atoms with Crippen LogP contribution >= 0.6 is 0 Å². The monoisotopic (exact) mass is 498 g/mol. The van der Waals surface area contributed by atoms with Gasteiger partial charge in [0, 0.05) is 56.9 Å². The van der Waals surface area contributed by atoms with Gasteiger partial charge in [-0.1, -0.05) is 46.0 Å². The highest BCUT2D eigenvalue weighted by molar-refractivity contribution is 5.78. The van der Waals surface area contributed by atoms with Gasteiger partial charge in [0.25, 0.3) is 0 Å². The number of nitrogens with zero attached hydrogens (tertiary/aromatic N) is 5. The molecule has 0 spiro atoms. The van der Waals surface area contributed by atoms with Crippen molar-refractivity contribution in [3.8, 4) is 0 Å². The van der Waals surface area contributed by atoms with Gasteiger partial charge in [-0.2, -0.15) is 4.98 Å². The van der Waals surface area contributed by atoms with Crippen LogP contribution in [0.4, 0.5) is 11.8 Å². The SMILES string of the molecule is CCCC(CCC)C(=O)N1CCC(N2CCCCC(Nc3nccc(N4CCCCCC4)n3)C2)CC1. The molecule has 0 aliphatic carbocycles. The second-order valence-electron chi connectivity index (χ2n) is 11.3. The van der Waals surface area contributed by atoms with Crippen LogP contribution in [-0.4, -0.2) is 77.0 Å². The summed E-state index contributed by atoms with van der Waals surface area (Å²) in [4.78, 5) is 29.9. The summed E-state index contributed by atoms with van der Waals surface area (Å²) in [6.45, 7) is 10.7. The molecule has 3 aliphatic heterocycles. The molecule has 7 nitrogen and oxygen atoms in total. The number of aromatic nitrogens is 2. The lowest BCUT2D eigenvalue weighted by atomic mass is 9.94. The van der Waals surface area contributed by atoms with Gasteiger partial charge >= 0.3 is 0 Å². The van der Waals surface area contributed by atoms with Gasteiger partial charge in [-0.15, -0.1) is 0 Å². The van der Waals surface area contributed by atoms with Crippen molar-refractivity contribution in [1.29, 1.82) is 0 Å². The fourth-order valence-corrected chi connectivity index (χ4v) is 6.50. The van der Waals surface area contributed by atoms with E-state index in [2.05, 4.69) is 44.9 Å². The molecule has 0 aromatic carbocycles. The topological polar surface area (TPSA) is 64.6 Å². The molecule has 1 aromatic heterocycles. The number of amides is 1. The lowest BCUT2D eigenvalue weighted by Gasteiger charge is -2.40. The molecule has 3 aliphatic rings. The first-order chi connectivity index (χ1) is 17.7. The van der Waals surface area contributed by atoms with Gasteiger partial charge in [0.1, 0.15) is 5.82 Å². The van der Waals surface area contributed by atoms with Crippen molar-refractivity contribution in [1.82, 2.24) is 19.8 Å². The number of piperidine rings is 1. The zero-order valence-electron chi connectivity index (χ0n) is 23.0. The summed E-state index contributed by atoms with van der Waals surface area (Å²) < 4.78 is 0. The standard InChI is InChI=1S/C29H50N6O/c1-3-11-24(12-4-2)28(36)34-21-15-26(16-22-34)35-20-10-7-13-25(23-35)31-29-30-17-14-27(32-29)33-18-8-5-6-9-19-33/h14,17,24-26H,3-13,15-16,18-23H2,1-2H3,(H,30,31,32). The van der Waals surface area contributed by atoms with Gasteiger partial charge in [0.05, 0.1) is 0 Å². The fourth-order valence-electron chi connectivity index (χ4n) is 6.50. The van der Waals surface area contributed by atoms with E-state index in [0.717, 1.165) is 83.0 Å². The molecule has 1 aromatic rings. The van der Waals surface area contributed by atoms with Crippen molar-refractivity contribution in [3.63, 3.8) is 0 Å². The highest BCUT2D eigenvalue weighted by Gasteiger charge is 2.31. The smallest absolute Gasteiger partial charge is 0.225 e. The lowest BCUT2D eigenvalue weighted by molar-refractivity contribution is -0.137. The van der Waals surface area contributed by atoms with E-state index in [1.807, 2.05) is 6.20 Å². The quantitative estimate of drug-likeness (QED) is 0.496. The molecule has 4 heterocycles. The number of carbonyl (C=O) groups excluding carboxylic acids is 1. The van der Waals surface area contributed by atoms with Crippen LogP contribution in [-0.2, 0) is 4.79 Å². The Labute approximate surface area is 219 Å².